The standard InChI is InChI=1S/C8H8BrNO3/c1-5(11)6-3-2-4-7(8(6)9)10(12)13/h2-5,11H,1H3/t5-/m0/s1. The van der Waals surface area contributed by atoms with E-state index in [0.29, 0.717) is 10.0 Å². The number of hydrogen-bond acceptors (Lipinski definition) is 3. The van der Waals surface area contributed by atoms with Crippen molar-refractivity contribution in [3.63, 3.8) is 0 Å². The fourth-order valence-electron chi connectivity index (χ4n) is 1.00. The van der Waals surface area contributed by atoms with E-state index in [1.165, 1.54) is 6.07 Å². The highest BCUT2D eigenvalue weighted by Crippen LogP contribution is 2.31. The van der Waals surface area contributed by atoms with Gasteiger partial charge in [-0.1, -0.05) is 12.1 Å². The van der Waals surface area contributed by atoms with Crippen molar-refractivity contribution >= 4 is 21.6 Å². The van der Waals surface area contributed by atoms with Crippen molar-refractivity contribution in [1.82, 2.24) is 0 Å². The fraction of sp³-hybridized carbons (Fsp3) is 0.250. The summed E-state index contributed by atoms with van der Waals surface area (Å²) in [5, 5.41) is 19.7. The minimum Gasteiger partial charge on any atom is -0.389 e. The molecule has 0 aliphatic heterocycles. The number of aliphatic hydroxyl groups excluding tert-OH is 1. The maximum atomic E-state index is 10.5. The highest BCUT2D eigenvalue weighted by molar-refractivity contribution is 9.10. The van der Waals surface area contributed by atoms with Crippen molar-refractivity contribution in [3.05, 3.63) is 38.3 Å². The van der Waals surface area contributed by atoms with Crippen molar-refractivity contribution < 1.29 is 10.0 Å². The van der Waals surface area contributed by atoms with Gasteiger partial charge in [0.15, 0.2) is 0 Å². The van der Waals surface area contributed by atoms with E-state index in [0.717, 1.165) is 0 Å². The Morgan fingerprint density at radius 2 is 2.23 bits per heavy atom. The highest BCUT2D eigenvalue weighted by atomic mass is 79.9. The number of nitrogens with zero attached hydrogens (tertiary/aromatic N) is 1. The van der Waals surface area contributed by atoms with Crippen LogP contribution in [-0.4, -0.2) is 10.0 Å². The smallest absolute Gasteiger partial charge is 0.283 e. The molecule has 0 aliphatic rings. The molecule has 0 amide bonds. The van der Waals surface area contributed by atoms with Crippen molar-refractivity contribution in [2.24, 2.45) is 0 Å². The van der Waals surface area contributed by atoms with Gasteiger partial charge in [-0.15, -0.1) is 0 Å². The average Bonchev–Trinajstić information content (AvgIpc) is 2.03. The number of hydrogen-bond donors (Lipinski definition) is 1. The first-order valence-corrected chi connectivity index (χ1v) is 4.44. The number of nitro groups is 1. The van der Waals surface area contributed by atoms with Gasteiger partial charge in [0.2, 0.25) is 0 Å². The third kappa shape index (κ3) is 2.05. The van der Waals surface area contributed by atoms with Gasteiger partial charge in [-0.05, 0) is 22.9 Å². The van der Waals surface area contributed by atoms with E-state index in [2.05, 4.69) is 15.9 Å². The van der Waals surface area contributed by atoms with Crippen LogP contribution in [0, 0.1) is 10.1 Å². The molecule has 1 N–H and O–H groups in total. The van der Waals surface area contributed by atoms with Crippen LogP contribution >= 0.6 is 15.9 Å². The summed E-state index contributed by atoms with van der Waals surface area (Å²) in [5.41, 5.74) is 0.493. The first-order valence-electron chi connectivity index (χ1n) is 3.65. The monoisotopic (exact) mass is 245 g/mol. The molecule has 0 aromatic heterocycles. The summed E-state index contributed by atoms with van der Waals surface area (Å²) < 4.78 is 0.343. The van der Waals surface area contributed by atoms with Crippen molar-refractivity contribution in [3.8, 4) is 0 Å². The maximum Gasteiger partial charge on any atom is 0.283 e. The van der Waals surface area contributed by atoms with Crippen LogP contribution in [-0.2, 0) is 0 Å². The lowest BCUT2D eigenvalue weighted by Gasteiger charge is -2.06. The van der Waals surface area contributed by atoms with Crippen molar-refractivity contribution in [2.45, 2.75) is 13.0 Å². The second-order valence-electron chi connectivity index (χ2n) is 2.61. The predicted octanol–water partition coefficient (Wildman–Crippen LogP) is 2.41. The Balaban J connectivity index is 3.26. The van der Waals surface area contributed by atoms with Crippen LogP contribution in [0.1, 0.15) is 18.6 Å². The SMILES string of the molecule is C[C@H](O)c1cccc([N+](=O)[O-])c1Br. The van der Waals surface area contributed by atoms with Gasteiger partial charge in [0.25, 0.3) is 5.69 Å². The number of nitro benzene ring substituents is 1. The summed E-state index contributed by atoms with van der Waals surface area (Å²) in [4.78, 5) is 10.0. The molecule has 0 spiro atoms. The Morgan fingerprint density at radius 1 is 1.62 bits per heavy atom. The topological polar surface area (TPSA) is 63.4 Å². The maximum absolute atomic E-state index is 10.5. The lowest BCUT2D eigenvalue weighted by atomic mass is 10.1. The summed E-state index contributed by atoms with van der Waals surface area (Å²) in [6.45, 7) is 1.56. The molecule has 70 valence electrons. The third-order valence-corrected chi connectivity index (χ3v) is 2.52. The molecule has 0 saturated carbocycles. The molecule has 1 rings (SSSR count). The van der Waals surface area contributed by atoms with Crippen LogP contribution in [0.4, 0.5) is 5.69 Å². The van der Waals surface area contributed by atoms with Crippen LogP contribution < -0.4 is 0 Å². The number of aliphatic hydroxyl groups is 1. The molecule has 1 atom stereocenters. The van der Waals surface area contributed by atoms with Crippen LogP contribution in [0.2, 0.25) is 0 Å². The first kappa shape index (κ1) is 10.1. The Labute approximate surface area is 83.5 Å². The van der Waals surface area contributed by atoms with Gasteiger partial charge in [0.05, 0.1) is 11.0 Å². The van der Waals surface area contributed by atoms with Gasteiger partial charge < -0.3 is 5.11 Å². The quantitative estimate of drug-likeness (QED) is 0.643. The molecule has 1 aromatic rings. The number of benzene rings is 1. The molecular weight excluding hydrogens is 238 g/mol. The molecular formula is C8H8BrNO3. The predicted molar refractivity (Wildman–Crippen MR) is 51.4 cm³/mol. The van der Waals surface area contributed by atoms with Crippen molar-refractivity contribution in [1.29, 1.82) is 0 Å². The van der Waals surface area contributed by atoms with Crippen LogP contribution in [0.5, 0.6) is 0 Å². The van der Waals surface area contributed by atoms with Crippen molar-refractivity contribution in [2.75, 3.05) is 0 Å². The second-order valence-corrected chi connectivity index (χ2v) is 3.41. The molecule has 5 heteroatoms. The lowest BCUT2D eigenvalue weighted by molar-refractivity contribution is -0.385. The van der Waals surface area contributed by atoms with E-state index in [4.69, 9.17) is 0 Å². The van der Waals surface area contributed by atoms with E-state index in [1.807, 2.05) is 0 Å². The van der Waals surface area contributed by atoms with Gasteiger partial charge in [-0.2, -0.15) is 0 Å². The van der Waals surface area contributed by atoms with Gasteiger partial charge >= 0.3 is 0 Å². The molecule has 0 saturated heterocycles. The van der Waals surface area contributed by atoms with Crippen LogP contribution in [0.25, 0.3) is 0 Å². The van der Waals surface area contributed by atoms with Gasteiger partial charge in [-0.25, -0.2) is 0 Å². The van der Waals surface area contributed by atoms with E-state index in [-0.39, 0.29) is 5.69 Å². The zero-order valence-electron chi connectivity index (χ0n) is 6.90. The Hall–Kier alpha value is -0.940. The molecule has 13 heavy (non-hydrogen) atoms. The van der Waals surface area contributed by atoms with E-state index in [9.17, 15) is 15.2 Å². The second kappa shape index (κ2) is 3.85. The lowest BCUT2D eigenvalue weighted by Crippen LogP contribution is -1.96. The number of rotatable bonds is 2. The summed E-state index contributed by atoms with van der Waals surface area (Å²) in [7, 11) is 0. The molecule has 0 radical (unpaired) electrons. The largest absolute Gasteiger partial charge is 0.389 e. The normalized spacial score (nSPS) is 12.5. The van der Waals surface area contributed by atoms with Gasteiger partial charge in [0.1, 0.15) is 4.47 Å². The molecule has 0 bridgehead atoms. The minimum absolute atomic E-state index is 0.0293. The summed E-state index contributed by atoms with van der Waals surface area (Å²) in [6, 6.07) is 4.57. The van der Waals surface area contributed by atoms with E-state index >= 15 is 0 Å². The molecule has 4 nitrogen and oxygen atoms in total. The van der Waals surface area contributed by atoms with Crippen LogP contribution in [0.15, 0.2) is 22.7 Å². The van der Waals surface area contributed by atoms with Gasteiger partial charge in [-0.3, -0.25) is 10.1 Å². The average molecular weight is 246 g/mol. The fourth-order valence-corrected chi connectivity index (χ4v) is 1.74. The van der Waals surface area contributed by atoms with Crippen LogP contribution in [0.3, 0.4) is 0 Å². The zero-order valence-corrected chi connectivity index (χ0v) is 8.48. The summed E-state index contributed by atoms with van der Waals surface area (Å²) in [5.74, 6) is 0. The molecule has 0 fully saturated rings. The zero-order chi connectivity index (χ0) is 10.0. The molecule has 0 heterocycles. The molecule has 0 unspecified atom stereocenters. The van der Waals surface area contributed by atoms with E-state index in [1.54, 1.807) is 19.1 Å². The highest BCUT2D eigenvalue weighted by Gasteiger charge is 2.16. The molecule has 0 aliphatic carbocycles. The molecule has 1 aromatic carbocycles. The first-order chi connectivity index (χ1) is 6.04. The Kier molecular flexibility index (Phi) is 3.00. The summed E-state index contributed by atoms with van der Waals surface area (Å²) >= 11 is 3.08. The Morgan fingerprint density at radius 3 is 2.69 bits per heavy atom. The third-order valence-electron chi connectivity index (χ3n) is 1.65. The summed E-state index contributed by atoms with van der Waals surface area (Å²) in [6.07, 6.45) is -0.714. The van der Waals surface area contributed by atoms with Gasteiger partial charge in [0, 0.05) is 11.6 Å². The minimum atomic E-state index is -0.714. The number of halogens is 1. The Bertz CT molecular complexity index is 338. The van der Waals surface area contributed by atoms with E-state index < -0.39 is 11.0 Å².